The normalized spacial score (nSPS) is 27.1. The number of benzene rings is 3. The van der Waals surface area contributed by atoms with E-state index >= 15 is 0 Å². The Morgan fingerprint density at radius 1 is 0.794 bits per heavy atom. The second-order valence-electron chi connectivity index (χ2n) is 16.3. The Morgan fingerprint density at radius 2 is 1.41 bits per heavy atom. The standard InChI is InChI=1S/C46H55ClN2O13S/c1-26-38(23-49-19-17-46(55,18-20-49)34-13-15-35(47)16-14-34)61-45(62-41(26)32-11-9-31(24-50)10-12-32)33-7-6-8-36(21-33)48-40(63)22-37-42(57-28(3)52)44(59-30(5)54)43(58-29(4)53)39(60-37)25-56-27(2)51/h6-16,21,26,37-39,41-45,50,55H,17-20,22-25H2,1-5H3,(H,48,63)/t26-,37-,38+,39+,41+,42-,43+,44+,45?/m0/s1. The van der Waals surface area contributed by atoms with Gasteiger partial charge in [0.25, 0.3) is 0 Å². The number of rotatable bonds is 14. The molecule has 3 aromatic rings. The summed E-state index contributed by atoms with van der Waals surface area (Å²) in [6, 6.07) is 22.4. The summed E-state index contributed by atoms with van der Waals surface area (Å²) in [5, 5.41) is 25.1. The van der Waals surface area contributed by atoms with E-state index in [4.69, 9.17) is 57.0 Å². The van der Waals surface area contributed by atoms with E-state index in [9.17, 15) is 29.4 Å². The van der Waals surface area contributed by atoms with Gasteiger partial charge in [0.1, 0.15) is 18.8 Å². The number of carbonyl (C=O) groups excluding carboxylic acids is 4. The summed E-state index contributed by atoms with van der Waals surface area (Å²) in [7, 11) is 0. The van der Waals surface area contributed by atoms with Crippen LogP contribution in [0, 0.1) is 5.92 Å². The fourth-order valence-electron chi connectivity index (χ4n) is 8.38. The highest BCUT2D eigenvalue weighted by atomic mass is 35.5. The van der Waals surface area contributed by atoms with E-state index in [0.29, 0.717) is 48.7 Å². The van der Waals surface area contributed by atoms with Gasteiger partial charge in [-0.15, -0.1) is 0 Å². The van der Waals surface area contributed by atoms with Crippen LogP contribution in [-0.2, 0) is 64.5 Å². The lowest BCUT2D eigenvalue weighted by molar-refractivity contribution is -0.277. The molecule has 0 bridgehead atoms. The highest BCUT2D eigenvalue weighted by molar-refractivity contribution is 7.80. The first-order valence-corrected chi connectivity index (χ1v) is 21.7. The number of nitrogens with zero attached hydrogens (tertiary/aromatic N) is 1. The smallest absolute Gasteiger partial charge is 0.303 e. The number of nitrogens with one attached hydrogen (secondary N) is 1. The van der Waals surface area contributed by atoms with Gasteiger partial charge < -0.3 is 53.6 Å². The maximum absolute atomic E-state index is 12.4. The molecule has 3 aliphatic rings. The van der Waals surface area contributed by atoms with Crippen LogP contribution in [-0.4, -0.2) is 107 Å². The van der Waals surface area contributed by atoms with Crippen LogP contribution in [0.25, 0.3) is 0 Å². The van der Waals surface area contributed by atoms with Crippen LogP contribution in [0.15, 0.2) is 72.8 Å². The molecule has 340 valence electrons. The molecule has 6 rings (SSSR count). The van der Waals surface area contributed by atoms with Gasteiger partial charge in [0.05, 0.1) is 29.4 Å². The van der Waals surface area contributed by atoms with Gasteiger partial charge in [-0.2, -0.15) is 0 Å². The number of ether oxygens (including phenoxy) is 7. The van der Waals surface area contributed by atoms with E-state index in [1.807, 2.05) is 60.7 Å². The molecule has 0 saturated carbocycles. The molecule has 0 radical (unpaired) electrons. The lowest BCUT2D eigenvalue weighted by atomic mass is 9.84. The monoisotopic (exact) mass is 910 g/mol. The second kappa shape index (κ2) is 21.4. The maximum Gasteiger partial charge on any atom is 0.303 e. The average Bonchev–Trinajstić information content (AvgIpc) is 3.23. The molecule has 0 aromatic heterocycles. The summed E-state index contributed by atoms with van der Waals surface area (Å²) in [5.41, 5.74) is 2.91. The molecule has 0 aliphatic carbocycles. The molecule has 3 saturated heterocycles. The van der Waals surface area contributed by atoms with E-state index in [2.05, 4.69) is 17.1 Å². The van der Waals surface area contributed by atoms with Crippen LogP contribution < -0.4 is 5.32 Å². The zero-order valence-electron chi connectivity index (χ0n) is 35.9. The highest BCUT2D eigenvalue weighted by Gasteiger charge is 2.52. The van der Waals surface area contributed by atoms with Crippen LogP contribution in [0.5, 0.6) is 0 Å². The third-order valence-electron chi connectivity index (χ3n) is 11.5. The Balaban J connectivity index is 1.20. The first-order valence-electron chi connectivity index (χ1n) is 20.9. The zero-order chi connectivity index (χ0) is 45.4. The number of thiocarbonyl (C=S) groups is 1. The van der Waals surface area contributed by atoms with E-state index in [0.717, 1.165) is 30.5 Å². The first-order chi connectivity index (χ1) is 30.0. The minimum atomic E-state index is -1.32. The predicted octanol–water partition coefficient (Wildman–Crippen LogP) is 5.86. The number of aliphatic hydroxyl groups excluding tert-OH is 1. The topological polar surface area (TPSA) is 189 Å². The van der Waals surface area contributed by atoms with E-state index in [-0.39, 0.29) is 42.7 Å². The predicted molar refractivity (Wildman–Crippen MR) is 233 cm³/mol. The van der Waals surface area contributed by atoms with Gasteiger partial charge in [-0.25, -0.2) is 0 Å². The zero-order valence-corrected chi connectivity index (χ0v) is 37.5. The minimum Gasteiger partial charge on any atom is -0.463 e. The van der Waals surface area contributed by atoms with Gasteiger partial charge in [0.2, 0.25) is 0 Å². The summed E-state index contributed by atoms with van der Waals surface area (Å²) in [4.78, 5) is 51.2. The Kier molecular flexibility index (Phi) is 16.3. The molecule has 3 heterocycles. The summed E-state index contributed by atoms with van der Waals surface area (Å²) in [6.07, 6.45) is -6.37. The van der Waals surface area contributed by atoms with Gasteiger partial charge in [0.15, 0.2) is 24.6 Å². The molecule has 3 N–H and O–H groups in total. The molecule has 63 heavy (non-hydrogen) atoms. The minimum absolute atomic E-state index is 0.0520. The molecule has 0 amide bonds. The van der Waals surface area contributed by atoms with Crippen molar-refractivity contribution in [3.8, 4) is 0 Å². The molecular weight excluding hydrogens is 856 g/mol. The second-order valence-corrected chi connectivity index (χ2v) is 17.2. The van der Waals surface area contributed by atoms with Crippen LogP contribution >= 0.6 is 23.8 Å². The van der Waals surface area contributed by atoms with Crippen molar-refractivity contribution in [2.24, 2.45) is 5.92 Å². The van der Waals surface area contributed by atoms with E-state index in [1.54, 1.807) is 12.1 Å². The SMILES string of the molecule is CC(=O)OC[C@H]1O[C@@H](CC(=S)Nc2cccc(C3O[C@H](CN4CCC(O)(c5ccc(Cl)cc5)CC4)[C@H](C)[C@H](c4ccc(CO)cc4)O3)c2)[C@H](OC(C)=O)[C@@H](OC(C)=O)[C@@H]1OC(C)=O. The van der Waals surface area contributed by atoms with Crippen molar-refractivity contribution < 1.29 is 62.5 Å². The largest absolute Gasteiger partial charge is 0.463 e. The lowest BCUT2D eigenvalue weighted by Gasteiger charge is -2.45. The van der Waals surface area contributed by atoms with Gasteiger partial charge in [0, 0.05) is 75.9 Å². The molecule has 3 aromatic carbocycles. The maximum atomic E-state index is 12.4. The van der Waals surface area contributed by atoms with Crippen molar-refractivity contribution in [2.75, 3.05) is 31.6 Å². The average molecular weight is 911 g/mol. The first kappa shape index (κ1) is 47.9. The number of hydrogen-bond donors (Lipinski definition) is 3. The molecule has 3 fully saturated rings. The van der Waals surface area contributed by atoms with Crippen LogP contribution in [0.3, 0.4) is 0 Å². The molecule has 9 atom stereocenters. The molecule has 1 unspecified atom stereocenters. The quantitative estimate of drug-likeness (QED) is 0.0990. The van der Waals surface area contributed by atoms with Crippen molar-refractivity contribution in [1.82, 2.24) is 4.90 Å². The Labute approximate surface area is 377 Å². The number of likely N-dealkylation sites (tertiary alicyclic amines) is 1. The fourth-order valence-corrected chi connectivity index (χ4v) is 8.79. The number of anilines is 1. The lowest BCUT2D eigenvalue weighted by Crippen LogP contribution is -2.62. The summed E-state index contributed by atoms with van der Waals surface area (Å²) >= 11 is 11.9. The molecule has 3 aliphatic heterocycles. The van der Waals surface area contributed by atoms with Gasteiger partial charge in [-0.3, -0.25) is 19.2 Å². The van der Waals surface area contributed by atoms with Crippen LogP contribution in [0.2, 0.25) is 5.02 Å². The van der Waals surface area contributed by atoms with Crippen molar-refractivity contribution in [3.63, 3.8) is 0 Å². The Bertz CT molecular complexity index is 2080. The molecular formula is C46H55ClN2O13S. The number of esters is 4. The number of carbonyl (C=O) groups is 4. The summed E-state index contributed by atoms with van der Waals surface area (Å²) < 4.78 is 41.7. The Hall–Kier alpha value is -4.52. The van der Waals surface area contributed by atoms with Gasteiger partial charge in [-0.1, -0.05) is 79.3 Å². The van der Waals surface area contributed by atoms with Crippen molar-refractivity contribution in [3.05, 3.63) is 100 Å². The van der Waals surface area contributed by atoms with Crippen molar-refractivity contribution >= 4 is 58.4 Å². The molecule has 0 spiro atoms. The van der Waals surface area contributed by atoms with E-state index in [1.165, 1.54) is 13.8 Å². The van der Waals surface area contributed by atoms with Crippen LogP contribution in [0.1, 0.15) is 88.5 Å². The van der Waals surface area contributed by atoms with Crippen LogP contribution in [0.4, 0.5) is 5.69 Å². The van der Waals surface area contributed by atoms with E-state index < -0.39 is 66.3 Å². The van der Waals surface area contributed by atoms with Gasteiger partial charge in [-0.05, 0) is 53.8 Å². The summed E-state index contributed by atoms with van der Waals surface area (Å²) in [6.45, 7) is 8.29. The number of halogens is 1. The molecule has 15 nitrogen and oxygen atoms in total. The molecule has 17 heteroatoms. The van der Waals surface area contributed by atoms with Gasteiger partial charge >= 0.3 is 23.9 Å². The Morgan fingerprint density at radius 3 is 2.02 bits per heavy atom. The highest BCUT2D eigenvalue weighted by Crippen LogP contribution is 2.43. The van der Waals surface area contributed by atoms with Crippen molar-refractivity contribution in [2.45, 2.75) is 115 Å². The third kappa shape index (κ3) is 12.6. The van der Waals surface area contributed by atoms with Crippen molar-refractivity contribution in [1.29, 1.82) is 0 Å². The number of aliphatic hydroxyl groups is 2. The fraction of sp³-hybridized carbons (Fsp3) is 0.500. The summed E-state index contributed by atoms with van der Waals surface area (Å²) in [5.74, 6) is -2.86. The number of hydrogen-bond acceptors (Lipinski definition) is 15. The third-order valence-corrected chi connectivity index (χ3v) is 12.1. The number of piperidine rings is 1.